The number of likely N-dealkylation sites (N-methyl/N-ethyl adjacent to an activating group) is 1. The summed E-state index contributed by atoms with van der Waals surface area (Å²) in [7, 11) is -2.04. The number of piperazine rings is 1. The van der Waals surface area contributed by atoms with Crippen molar-refractivity contribution < 1.29 is 22.7 Å². The smallest absolute Gasteiger partial charge is 0.338 e. The van der Waals surface area contributed by atoms with Crippen molar-refractivity contribution in [2.75, 3.05) is 39.8 Å². The van der Waals surface area contributed by atoms with Gasteiger partial charge in [-0.05, 0) is 50.6 Å². The first-order valence-electron chi connectivity index (χ1n) is 12.5. The van der Waals surface area contributed by atoms with E-state index in [1.165, 1.54) is 9.21 Å². The van der Waals surface area contributed by atoms with Crippen LogP contribution in [0.4, 0.5) is 4.79 Å². The van der Waals surface area contributed by atoms with Gasteiger partial charge in [-0.3, -0.25) is 9.80 Å². The number of aryl methyl sites for hydroxylation is 1. The maximum atomic E-state index is 13.3. The molecule has 2 heterocycles. The van der Waals surface area contributed by atoms with Crippen LogP contribution in [-0.2, 0) is 19.6 Å². The van der Waals surface area contributed by atoms with E-state index in [0.717, 1.165) is 5.56 Å². The summed E-state index contributed by atoms with van der Waals surface area (Å²) in [6, 6.07) is 12.4. The first-order valence-corrected chi connectivity index (χ1v) is 14.4. The Hall–Kier alpha value is -2.92. The van der Waals surface area contributed by atoms with Crippen LogP contribution in [0.25, 0.3) is 0 Å². The van der Waals surface area contributed by atoms with Crippen molar-refractivity contribution in [3.8, 4) is 0 Å². The Bertz CT molecular complexity index is 1350. The third-order valence-corrected chi connectivity index (χ3v) is 9.17. The van der Waals surface area contributed by atoms with Gasteiger partial charge in [0, 0.05) is 50.0 Å². The summed E-state index contributed by atoms with van der Waals surface area (Å²) in [5.74, 6) is -0.520. The van der Waals surface area contributed by atoms with E-state index in [1.54, 1.807) is 62.5 Å². The number of nitrogens with one attached hydrogen (secondary N) is 1. The largest absolute Gasteiger partial charge is 0.463 e. The summed E-state index contributed by atoms with van der Waals surface area (Å²) in [5.41, 5.74) is 2.50. The number of halogens is 1. The number of hydrogen-bond donors (Lipinski definition) is 1. The summed E-state index contributed by atoms with van der Waals surface area (Å²) in [5, 5.41) is 3.37. The Kier molecular flexibility index (Phi) is 8.46. The Morgan fingerprint density at radius 2 is 1.87 bits per heavy atom. The molecule has 2 aliphatic heterocycles. The fraction of sp³-hybridized carbons (Fsp3) is 0.407. The summed E-state index contributed by atoms with van der Waals surface area (Å²) in [6.45, 7) is 7.12. The molecule has 2 aliphatic rings. The van der Waals surface area contributed by atoms with Gasteiger partial charge in [-0.25, -0.2) is 18.0 Å². The van der Waals surface area contributed by atoms with Gasteiger partial charge in [0.1, 0.15) is 0 Å². The van der Waals surface area contributed by atoms with Gasteiger partial charge in [-0.1, -0.05) is 41.4 Å². The molecular weight excluding hydrogens is 528 g/mol. The lowest BCUT2D eigenvalue weighted by Crippen LogP contribution is -2.56. The third-order valence-electron chi connectivity index (χ3n) is 6.91. The highest BCUT2D eigenvalue weighted by molar-refractivity contribution is 7.89. The fourth-order valence-corrected chi connectivity index (χ4v) is 6.72. The van der Waals surface area contributed by atoms with Gasteiger partial charge in [-0.2, -0.15) is 4.31 Å². The first-order chi connectivity index (χ1) is 18.0. The highest BCUT2D eigenvalue weighted by Gasteiger charge is 2.39. The number of nitrogens with zero attached hydrogens (tertiary/aromatic N) is 3. The van der Waals surface area contributed by atoms with Crippen LogP contribution in [0.5, 0.6) is 0 Å². The SMILES string of the molecule is CCOC(=O)C1=C(CN2CCN(S(=O)(=O)c3ccc(C)cc3)[C@@H](C)C2)N(C)C(=O)N[C@H]1c1cccc(Cl)c1. The normalized spacial score (nSPS) is 21.4. The lowest BCUT2D eigenvalue weighted by atomic mass is 9.94. The molecule has 2 amide bonds. The molecule has 204 valence electrons. The summed E-state index contributed by atoms with van der Waals surface area (Å²) in [4.78, 5) is 29.9. The van der Waals surface area contributed by atoms with Gasteiger partial charge in [0.2, 0.25) is 10.0 Å². The van der Waals surface area contributed by atoms with E-state index in [4.69, 9.17) is 16.3 Å². The summed E-state index contributed by atoms with van der Waals surface area (Å²) < 4.78 is 33.5. The van der Waals surface area contributed by atoms with Crippen LogP contribution in [0.3, 0.4) is 0 Å². The predicted molar refractivity (Wildman–Crippen MR) is 145 cm³/mol. The number of carbonyl (C=O) groups is 2. The number of urea groups is 1. The van der Waals surface area contributed by atoms with Crippen molar-refractivity contribution in [1.29, 1.82) is 0 Å². The van der Waals surface area contributed by atoms with Gasteiger partial charge >= 0.3 is 12.0 Å². The van der Waals surface area contributed by atoms with Crippen molar-refractivity contribution in [3.63, 3.8) is 0 Å². The molecule has 1 saturated heterocycles. The van der Waals surface area contributed by atoms with Crippen molar-refractivity contribution in [2.45, 2.75) is 37.8 Å². The number of ether oxygens (including phenoxy) is 1. The summed E-state index contributed by atoms with van der Waals surface area (Å²) >= 11 is 6.21. The minimum absolute atomic E-state index is 0.183. The molecule has 11 heteroatoms. The lowest BCUT2D eigenvalue weighted by Gasteiger charge is -2.41. The highest BCUT2D eigenvalue weighted by Crippen LogP contribution is 2.33. The van der Waals surface area contributed by atoms with Crippen LogP contribution in [-0.4, -0.2) is 80.4 Å². The zero-order chi connectivity index (χ0) is 27.6. The van der Waals surface area contributed by atoms with Crippen molar-refractivity contribution in [1.82, 2.24) is 19.4 Å². The van der Waals surface area contributed by atoms with Crippen LogP contribution in [0.2, 0.25) is 5.02 Å². The van der Waals surface area contributed by atoms with Crippen LogP contribution >= 0.6 is 11.6 Å². The quantitative estimate of drug-likeness (QED) is 0.520. The molecule has 1 fully saturated rings. The standard InChI is InChI=1S/C27H33ClN4O5S/c1-5-37-26(33)24-23(30(4)27(34)29-25(24)20-7-6-8-21(28)15-20)17-31-13-14-32(19(3)16-31)38(35,36)22-11-9-18(2)10-12-22/h6-12,15,19,25H,5,13-14,16-17H2,1-4H3,(H,29,34)/t19-,25-/m0/s1. The van der Waals surface area contributed by atoms with E-state index in [9.17, 15) is 18.0 Å². The van der Waals surface area contributed by atoms with Gasteiger partial charge in [0.05, 0.1) is 23.1 Å². The van der Waals surface area contributed by atoms with E-state index < -0.39 is 22.0 Å². The molecule has 2 atom stereocenters. The Morgan fingerprint density at radius 1 is 1.16 bits per heavy atom. The minimum atomic E-state index is -3.65. The molecule has 4 rings (SSSR count). The molecule has 0 radical (unpaired) electrons. The molecule has 0 bridgehead atoms. The van der Waals surface area contributed by atoms with Gasteiger partial charge < -0.3 is 10.1 Å². The average Bonchev–Trinajstić information content (AvgIpc) is 2.87. The molecule has 2 aromatic carbocycles. The van der Waals surface area contributed by atoms with Crippen LogP contribution in [0.15, 0.2) is 64.7 Å². The molecule has 1 N–H and O–H groups in total. The number of hydrogen-bond acceptors (Lipinski definition) is 6. The minimum Gasteiger partial charge on any atom is -0.463 e. The number of sulfonamides is 1. The van der Waals surface area contributed by atoms with Gasteiger partial charge in [0.25, 0.3) is 0 Å². The Labute approximate surface area is 229 Å². The van der Waals surface area contributed by atoms with E-state index in [2.05, 4.69) is 10.2 Å². The molecule has 2 aromatic rings. The second-order valence-electron chi connectivity index (χ2n) is 9.59. The summed E-state index contributed by atoms with van der Waals surface area (Å²) in [6.07, 6.45) is 0. The number of carbonyl (C=O) groups excluding carboxylic acids is 2. The molecule has 38 heavy (non-hydrogen) atoms. The molecule has 0 saturated carbocycles. The molecule has 0 unspecified atom stereocenters. The number of esters is 1. The van der Waals surface area contributed by atoms with E-state index in [-0.39, 0.29) is 36.7 Å². The molecule has 9 nitrogen and oxygen atoms in total. The van der Waals surface area contributed by atoms with E-state index in [0.29, 0.717) is 34.9 Å². The van der Waals surface area contributed by atoms with Crippen molar-refractivity contribution >= 4 is 33.6 Å². The third kappa shape index (κ3) is 5.73. The highest BCUT2D eigenvalue weighted by atomic mass is 35.5. The zero-order valence-corrected chi connectivity index (χ0v) is 23.6. The Morgan fingerprint density at radius 3 is 2.50 bits per heavy atom. The molecule has 0 aliphatic carbocycles. The topological polar surface area (TPSA) is 99.3 Å². The lowest BCUT2D eigenvalue weighted by molar-refractivity contribution is -0.139. The second-order valence-corrected chi connectivity index (χ2v) is 11.9. The molecule has 0 aromatic heterocycles. The maximum Gasteiger partial charge on any atom is 0.338 e. The van der Waals surface area contributed by atoms with Crippen molar-refractivity contribution in [2.24, 2.45) is 0 Å². The van der Waals surface area contributed by atoms with E-state index >= 15 is 0 Å². The second kappa shape index (κ2) is 11.4. The molecular formula is C27H33ClN4O5S. The zero-order valence-electron chi connectivity index (χ0n) is 22.0. The van der Waals surface area contributed by atoms with E-state index in [1.807, 2.05) is 13.8 Å². The fourth-order valence-electron chi connectivity index (χ4n) is 4.91. The van der Waals surface area contributed by atoms with Gasteiger partial charge in [0.15, 0.2) is 0 Å². The average molecular weight is 561 g/mol. The predicted octanol–water partition coefficient (Wildman–Crippen LogP) is 3.56. The number of benzene rings is 2. The van der Waals surface area contributed by atoms with Gasteiger partial charge in [-0.15, -0.1) is 0 Å². The maximum absolute atomic E-state index is 13.3. The Balaban J connectivity index is 1.62. The molecule has 0 spiro atoms. The number of amides is 2. The van der Waals surface area contributed by atoms with Crippen LogP contribution < -0.4 is 5.32 Å². The first kappa shape index (κ1) is 28.1. The monoisotopic (exact) mass is 560 g/mol. The number of rotatable bonds is 7. The van der Waals surface area contributed by atoms with Crippen molar-refractivity contribution in [3.05, 3.63) is 76.0 Å². The van der Waals surface area contributed by atoms with Crippen LogP contribution in [0, 0.1) is 6.92 Å². The van der Waals surface area contributed by atoms with Crippen LogP contribution in [0.1, 0.15) is 31.0 Å².